The van der Waals surface area contributed by atoms with Gasteiger partial charge in [-0.3, -0.25) is 4.79 Å². The van der Waals surface area contributed by atoms with Gasteiger partial charge in [-0.05, 0) is 23.1 Å². The fourth-order valence-corrected chi connectivity index (χ4v) is 2.30. The van der Waals surface area contributed by atoms with Gasteiger partial charge in [-0.2, -0.15) is 0 Å². The maximum Gasteiger partial charge on any atom is 0.140 e. The molecule has 0 bridgehead atoms. The Labute approximate surface area is 101 Å². The summed E-state index contributed by atoms with van der Waals surface area (Å²) in [6, 6.07) is 18.7. The van der Waals surface area contributed by atoms with Crippen LogP contribution in [0.25, 0.3) is 11.1 Å². The summed E-state index contributed by atoms with van der Waals surface area (Å²) in [6.45, 7) is 0. The number of carbonyl (C=O) groups excluding carboxylic acids is 1. The normalized spacial score (nSPS) is 18.8. The van der Waals surface area contributed by atoms with E-state index >= 15 is 0 Å². The monoisotopic (exact) mass is 222 g/mol. The molecule has 2 aromatic carbocycles. The molecule has 0 spiro atoms. The molecule has 1 unspecified atom stereocenters. The summed E-state index contributed by atoms with van der Waals surface area (Å²) < 4.78 is 0. The molecule has 0 amide bonds. The second-order valence-corrected chi connectivity index (χ2v) is 4.55. The number of ketones is 1. The van der Waals surface area contributed by atoms with Crippen molar-refractivity contribution in [2.75, 3.05) is 0 Å². The molecule has 17 heavy (non-hydrogen) atoms. The SMILES string of the molecule is O=C1CCC1c1ccc(-c2ccccc2)cc1. The van der Waals surface area contributed by atoms with E-state index in [-0.39, 0.29) is 5.92 Å². The number of hydrogen-bond acceptors (Lipinski definition) is 1. The maximum absolute atomic E-state index is 11.4. The molecule has 1 aliphatic carbocycles. The fourth-order valence-electron chi connectivity index (χ4n) is 2.30. The lowest BCUT2D eigenvalue weighted by Gasteiger charge is -2.24. The van der Waals surface area contributed by atoms with Crippen molar-refractivity contribution in [3.8, 4) is 11.1 Å². The number of rotatable bonds is 2. The summed E-state index contributed by atoms with van der Waals surface area (Å²) >= 11 is 0. The van der Waals surface area contributed by atoms with E-state index in [1.807, 2.05) is 18.2 Å². The van der Waals surface area contributed by atoms with Crippen LogP contribution >= 0.6 is 0 Å². The van der Waals surface area contributed by atoms with Crippen LogP contribution in [0.15, 0.2) is 54.6 Å². The Morgan fingerprint density at radius 2 is 1.47 bits per heavy atom. The van der Waals surface area contributed by atoms with Gasteiger partial charge in [-0.25, -0.2) is 0 Å². The van der Waals surface area contributed by atoms with E-state index in [0.29, 0.717) is 5.78 Å². The minimum atomic E-state index is 0.167. The first-order chi connectivity index (χ1) is 8.34. The summed E-state index contributed by atoms with van der Waals surface area (Å²) in [6.07, 6.45) is 1.77. The molecule has 3 rings (SSSR count). The highest BCUT2D eigenvalue weighted by atomic mass is 16.1. The van der Waals surface area contributed by atoms with Crippen molar-refractivity contribution in [1.29, 1.82) is 0 Å². The van der Waals surface area contributed by atoms with Gasteiger partial charge in [0.25, 0.3) is 0 Å². The highest BCUT2D eigenvalue weighted by Gasteiger charge is 2.29. The highest BCUT2D eigenvalue weighted by molar-refractivity contribution is 5.91. The van der Waals surface area contributed by atoms with Crippen LogP contribution in [0.5, 0.6) is 0 Å². The Morgan fingerprint density at radius 3 is 2.00 bits per heavy atom. The molecule has 0 N–H and O–H groups in total. The quantitative estimate of drug-likeness (QED) is 0.755. The molecule has 1 saturated carbocycles. The highest BCUT2D eigenvalue weighted by Crippen LogP contribution is 2.33. The van der Waals surface area contributed by atoms with Crippen LogP contribution in [0.2, 0.25) is 0 Å². The zero-order valence-electron chi connectivity index (χ0n) is 9.60. The molecule has 0 radical (unpaired) electrons. The number of hydrogen-bond donors (Lipinski definition) is 0. The van der Waals surface area contributed by atoms with Crippen LogP contribution in [0.1, 0.15) is 24.3 Å². The third-order valence-corrected chi connectivity index (χ3v) is 3.49. The summed E-state index contributed by atoms with van der Waals surface area (Å²) in [5.41, 5.74) is 3.60. The van der Waals surface area contributed by atoms with Crippen LogP contribution in [-0.4, -0.2) is 5.78 Å². The summed E-state index contributed by atoms with van der Waals surface area (Å²) in [7, 11) is 0. The lowest BCUT2D eigenvalue weighted by molar-refractivity contribution is -0.125. The second-order valence-electron chi connectivity index (χ2n) is 4.55. The summed E-state index contributed by atoms with van der Waals surface area (Å²) in [4.78, 5) is 11.4. The van der Waals surface area contributed by atoms with Crippen LogP contribution in [0.4, 0.5) is 0 Å². The first-order valence-electron chi connectivity index (χ1n) is 6.03. The van der Waals surface area contributed by atoms with Crippen molar-refractivity contribution in [3.05, 3.63) is 60.2 Å². The van der Waals surface area contributed by atoms with Gasteiger partial charge in [0.05, 0.1) is 0 Å². The minimum Gasteiger partial charge on any atom is -0.299 e. The largest absolute Gasteiger partial charge is 0.299 e. The second kappa shape index (κ2) is 4.17. The Balaban J connectivity index is 1.88. The average Bonchev–Trinajstić information content (AvgIpc) is 2.39. The molecule has 0 aromatic heterocycles. The first-order valence-corrected chi connectivity index (χ1v) is 6.03. The minimum absolute atomic E-state index is 0.167. The van der Waals surface area contributed by atoms with Crippen molar-refractivity contribution in [2.45, 2.75) is 18.8 Å². The van der Waals surface area contributed by atoms with Gasteiger partial charge in [0, 0.05) is 12.3 Å². The topological polar surface area (TPSA) is 17.1 Å². The molecule has 84 valence electrons. The van der Waals surface area contributed by atoms with Gasteiger partial charge in [0.1, 0.15) is 5.78 Å². The van der Waals surface area contributed by atoms with E-state index in [9.17, 15) is 4.79 Å². The van der Waals surface area contributed by atoms with E-state index in [0.717, 1.165) is 12.8 Å². The molecular formula is C16H14O. The molecule has 1 nitrogen and oxygen atoms in total. The summed E-state index contributed by atoms with van der Waals surface area (Å²) in [5, 5.41) is 0. The van der Waals surface area contributed by atoms with E-state index in [1.54, 1.807) is 0 Å². The van der Waals surface area contributed by atoms with Gasteiger partial charge in [-0.15, -0.1) is 0 Å². The molecule has 1 atom stereocenters. The Kier molecular flexibility index (Phi) is 2.52. The Hall–Kier alpha value is -1.89. The molecule has 1 fully saturated rings. The average molecular weight is 222 g/mol. The van der Waals surface area contributed by atoms with Crippen LogP contribution in [0.3, 0.4) is 0 Å². The fraction of sp³-hybridized carbons (Fsp3) is 0.188. The third-order valence-electron chi connectivity index (χ3n) is 3.49. The van der Waals surface area contributed by atoms with Crippen LogP contribution < -0.4 is 0 Å². The summed E-state index contributed by atoms with van der Waals surface area (Å²) in [5.74, 6) is 0.553. The van der Waals surface area contributed by atoms with Gasteiger partial charge < -0.3 is 0 Å². The number of Topliss-reactive ketones (excluding diaryl/α,β-unsaturated/α-hetero) is 1. The Morgan fingerprint density at radius 1 is 0.824 bits per heavy atom. The molecule has 1 heteroatoms. The lowest BCUT2D eigenvalue weighted by atomic mass is 9.78. The van der Waals surface area contributed by atoms with Crippen molar-refractivity contribution in [2.24, 2.45) is 0 Å². The lowest BCUT2D eigenvalue weighted by Crippen LogP contribution is -2.22. The maximum atomic E-state index is 11.4. The molecular weight excluding hydrogens is 208 g/mol. The standard InChI is InChI=1S/C16H14O/c17-16-11-10-15(16)14-8-6-13(7-9-14)12-4-2-1-3-5-12/h1-9,15H,10-11H2. The van der Waals surface area contributed by atoms with Crippen molar-refractivity contribution in [3.63, 3.8) is 0 Å². The van der Waals surface area contributed by atoms with E-state index < -0.39 is 0 Å². The third kappa shape index (κ3) is 1.89. The van der Waals surface area contributed by atoms with Gasteiger partial charge in [0.2, 0.25) is 0 Å². The zero-order valence-corrected chi connectivity index (χ0v) is 9.60. The van der Waals surface area contributed by atoms with Crippen LogP contribution in [0, 0.1) is 0 Å². The molecule has 1 aliphatic rings. The van der Waals surface area contributed by atoms with E-state index in [2.05, 4.69) is 36.4 Å². The van der Waals surface area contributed by atoms with E-state index in [4.69, 9.17) is 0 Å². The predicted molar refractivity (Wildman–Crippen MR) is 68.9 cm³/mol. The zero-order chi connectivity index (χ0) is 11.7. The van der Waals surface area contributed by atoms with Crippen molar-refractivity contribution in [1.82, 2.24) is 0 Å². The number of benzene rings is 2. The molecule has 2 aromatic rings. The van der Waals surface area contributed by atoms with Gasteiger partial charge in [0.15, 0.2) is 0 Å². The van der Waals surface area contributed by atoms with Crippen molar-refractivity contribution >= 4 is 5.78 Å². The van der Waals surface area contributed by atoms with Crippen molar-refractivity contribution < 1.29 is 4.79 Å². The number of carbonyl (C=O) groups is 1. The van der Waals surface area contributed by atoms with Gasteiger partial charge >= 0.3 is 0 Å². The predicted octanol–water partition coefficient (Wildman–Crippen LogP) is 3.80. The van der Waals surface area contributed by atoms with Gasteiger partial charge in [-0.1, -0.05) is 54.6 Å². The first kappa shape index (κ1) is 10.3. The van der Waals surface area contributed by atoms with Crippen LogP contribution in [-0.2, 0) is 4.79 Å². The molecule has 0 aliphatic heterocycles. The smallest absolute Gasteiger partial charge is 0.140 e. The Bertz CT molecular complexity index is 525. The molecule has 0 heterocycles. The van der Waals surface area contributed by atoms with E-state index in [1.165, 1.54) is 16.7 Å². The molecule has 0 saturated heterocycles.